The highest BCUT2D eigenvalue weighted by Gasteiger charge is 2.05. The average Bonchev–Trinajstić information content (AvgIpc) is 2.88. The molecule has 0 aliphatic heterocycles. The van der Waals surface area contributed by atoms with E-state index in [1.54, 1.807) is 0 Å². The van der Waals surface area contributed by atoms with Gasteiger partial charge in [-0.05, 0) is 24.9 Å². The van der Waals surface area contributed by atoms with E-state index < -0.39 is 0 Å². The lowest BCUT2D eigenvalue weighted by Crippen LogP contribution is -2.03. The minimum atomic E-state index is 0.614. The topological polar surface area (TPSA) is 92.5 Å². The van der Waals surface area contributed by atoms with E-state index in [1.807, 2.05) is 6.92 Å². The second-order valence-corrected chi connectivity index (χ2v) is 4.26. The van der Waals surface area contributed by atoms with E-state index in [-0.39, 0.29) is 0 Å². The van der Waals surface area contributed by atoms with Crippen LogP contribution in [0.25, 0.3) is 0 Å². The molecule has 6 nitrogen and oxygen atoms in total. The number of aromatic amines is 1. The SMILES string of the molecule is Cc1c(N)nsc1NCCCc1ncn[nH]1. The van der Waals surface area contributed by atoms with Crippen molar-refractivity contribution in [2.45, 2.75) is 19.8 Å². The average molecular weight is 238 g/mol. The summed E-state index contributed by atoms with van der Waals surface area (Å²) in [5.74, 6) is 1.53. The van der Waals surface area contributed by atoms with Crippen LogP contribution < -0.4 is 11.1 Å². The Kier molecular flexibility index (Phi) is 3.35. The van der Waals surface area contributed by atoms with Gasteiger partial charge in [-0.2, -0.15) is 9.47 Å². The number of nitrogens with two attached hydrogens (primary N) is 1. The lowest BCUT2D eigenvalue weighted by atomic mass is 10.3. The van der Waals surface area contributed by atoms with Gasteiger partial charge in [-0.3, -0.25) is 5.10 Å². The molecule has 0 aliphatic carbocycles. The molecule has 0 aliphatic rings. The number of hydrogen-bond acceptors (Lipinski definition) is 6. The van der Waals surface area contributed by atoms with Crippen molar-refractivity contribution in [2.24, 2.45) is 0 Å². The number of nitrogens with zero attached hydrogens (tertiary/aromatic N) is 3. The zero-order valence-electron chi connectivity index (χ0n) is 9.03. The van der Waals surface area contributed by atoms with Crippen molar-refractivity contribution in [1.82, 2.24) is 19.6 Å². The van der Waals surface area contributed by atoms with Crippen LogP contribution in [-0.2, 0) is 6.42 Å². The number of anilines is 2. The van der Waals surface area contributed by atoms with Gasteiger partial charge >= 0.3 is 0 Å². The Bertz CT molecular complexity index is 435. The fourth-order valence-electron chi connectivity index (χ4n) is 1.32. The molecule has 0 spiro atoms. The molecule has 2 heterocycles. The normalized spacial score (nSPS) is 10.6. The molecular weight excluding hydrogens is 224 g/mol. The lowest BCUT2D eigenvalue weighted by molar-refractivity contribution is 0.806. The standard InChI is InChI=1S/C9H14N6S/c1-6-8(10)15-16-9(6)11-4-2-3-7-12-5-13-14-7/h5,11H,2-4H2,1H3,(H2,10,15)(H,12,13,14). The van der Waals surface area contributed by atoms with Crippen LogP contribution in [0.15, 0.2) is 6.33 Å². The number of H-pyrrole nitrogens is 1. The van der Waals surface area contributed by atoms with Crippen LogP contribution in [-0.4, -0.2) is 26.1 Å². The molecule has 0 bridgehead atoms. The monoisotopic (exact) mass is 238 g/mol. The van der Waals surface area contributed by atoms with E-state index >= 15 is 0 Å². The van der Waals surface area contributed by atoms with Gasteiger partial charge < -0.3 is 11.1 Å². The fourth-order valence-corrected chi connectivity index (χ4v) is 2.06. The smallest absolute Gasteiger partial charge is 0.142 e. The molecule has 16 heavy (non-hydrogen) atoms. The number of hydrogen-bond donors (Lipinski definition) is 3. The Balaban J connectivity index is 1.74. The Morgan fingerprint density at radius 1 is 1.56 bits per heavy atom. The van der Waals surface area contributed by atoms with Crippen molar-refractivity contribution < 1.29 is 0 Å². The highest BCUT2D eigenvalue weighted by atomic mass is 32.1. The maximum atomic E-state index is 5.66. The second kappa shape index (κ2) is 4.93. The molecule has 0 aromatic carbocycles. The molecule has 0 fully saturated rings. The van der Waals surface area contributed by atoms with Crippen molar-refractivity contribution >= 4 is 22.4 Å². The number of aryl methyl sites for hydroxylation is 1. The van der Waals surface area contributed by atoms with Crippen molar-refractivity contribution in [2.75, 3.05) is 17.6 Å². The van der Waals surface area contributed by atoms with Gasteiger partial charge in [0, 0.05) is 18.5 Å². The van der Waals surface area contributed by atoms with Crippen LogP contribution in [0, 0.1) is 6.92 Å². The van der Waals surface area contributed by atoms with Gasteiger partial charge in [0.2, 0.25) is 0 Å². The molecule has 4 N–H and O–H groups in total. The van der Waals surface area contributed by atoms with E-state index in [1.165, 1.54) is 17.9 Å². The van der Waals surface area contributed by atoms with Gasteiger partial charge in [0.1, 0.15) is 23.0 Å². The minimum Gasteiger partial charge on any atom is -0.383 e. The first-order valence-electron chi connectivity index (χ1n) is 5.07. The summed E-state index contributed by atoms with van der Waals surface area (Å²) in [5.41, 5.74) is 6.69. The second-order valence-electron chi connectivity index (χ2n) is 3.48. The molecule has 86 valence electrons. The van der Waals surface area contributed by atoms with Crippen molar-refractivity contribution in [3.8, 4) is 0 Å². The van der Waals surface area contributed by atoms with Crippen molar-refractivity contribution in [3.63, 3.8) is 0 Å². The van der Waals surface area contributed by atoms with E-state index in [9.17, 15) is 0 Å². The molecule has 0 saturated carbocycles. The van der Waals surface area contributed by atoms with E-state index in [2.05, 4.69) is 24.9 Å². The third-order valence-electron chi connectivity index (χ3n) is 2.30. The highest BCUT2D eigenvalue weighted by Crippen LogP contribution is 2.24. The largest absolute Gasteiger partial charge is 0.383 e. The Morgan fingerprint density at radius 2 is 2.44 bits per heavy atom. The van der Waals surface area contributed by atoms with Crippen molar-refractivity contribution in [1.29, 1.82) is 0 Å². The highest BCUT2D eigenvalue weighted by molar-refractivity contribution is 7.10. The molecule has 7 heteroatoms. The van der Waals surface area contributed by atoms with E-state index in [0.29, 0.717) is 5.82 Å². The Morgan fingerprint density at radius 3 is 3.06 bits per heavy atom. The Labute approximate surface area is 97.5 Å². The first-order chi connectivity index (χ1) is 7.77. The van der Waals surface area contributed by atoms with Crippen LogP contribution in [0.4, 0.5) is 10.8 Å². The van der Waals surface area contributed by atoms with Gasteiger partial charge in [-0.15, -0.1) is 0 Å². The third kappa shape index (κ3) is 2.48. The zero-order valence-corrected chi connectivity index (χ0v) is 9.84. The zero-order chi connectivity index (χ0) is 11.4. The van der Waals surface area contributed by atoms with E-state index in [0.717, 1.165) is 35.8 Å². The number of nitrogens with one attached hydrogen (secondary N) is 2. The van der Waals surface area contributed by atoms with Gasteiger partial charge in [-0.1, -0.05) is 0 Å². The van der Waals surface area contributed by atoms with Crippen LogP contribution >= 0.6 is 11.5 Å². The van der Waals surface area contributed by atoms with Crippen LogP contribution in [0.1, 0.15) is 17.8 Å². The van der Waals surface area contributed by atoms with Gasteiger partial charge in [0.05, 0.1) is 0 Å². The molecule has 2 rings (SSSR count). The summed E-state index contributed by atoms with van der Waals surface area (Å²) in [4.78, 5) is 4.06. The third-order valence-corrected chi connectivity index (χ3v) is 3.22. The first kappa shape index (κ1) is 10.9. The minimum absolute atomic E-state index is 0.614. The van der Waals surface area contributed by atoms with Crippen LogP contribution in [0.2, 0.25) is 0 Å². The molecule has 2 aromatic rings. The molecule has 0 unspecified atom stereocenters. The molecule has 0 saturated heterocycles. The summed E-state index contributed by atoms with van der Waals surface area (Å²) >= 11 is 1.40. The van der Waals surface area contributed by atoms with Crippen LogP contribution in [0.5, 0.6) is 0 Å². The van der Waals surface area contributed by atoms with Crippen LogP contribution in [0.3, 0.4) is 0 Å². The molecule has 0 atom stereocenters. The van der Waals surface area contributed by atoms with E-state index in [4.69, 9.17) is 5.73 Å². The molecule has 0 radical (unpaired) electrons. The number of nitrogen functional groups attached to an aromatic ring is 1. The van der Waals surface area contributed by atoms with Gasteiger partial charge in [0.25, 0.3) is 0 Å². The summed E-state index contributed by atoms with van der Waals surface area (Å²) in [7, 11) is 0. The molecule has 0 amide bonds. The maximum absolute atomic E-state index is 5.66. The van der Waals surface area contributed by atoms with Gasteiger partial charge in [0.15, 0.2) is 0 Å². The lowest BCUT2D eigenvalue weighted by Gasteiger charge is -2.02. The summed E-state index contributed by atoms with van der Waals surface area (Å²) in [6.07, 6.45) is 3.41. The fraction of sp³-hybridized carbons (Fsp3) is 0.444. The predicted molar refractivity (Wildman–Crippen MR) is 64.5 cm³/mol. The quantitative estimate of drug-likeness (QED) is 0.681. The predicted octanol–water partition coefficient (Wildman–Crippen LogP) is 1.20. The summed E-state index contributed by atoms with van der Waals surface area (Å²) in [6.45, 7) is 2.85. The Hall–Kier alpha value is -1.63. The summed E-state index contributed by atoms with van der Waals surface area (Å²) in [6, 6.07) is 0. The summed E-state index contributed by atoms with van der Waals surface area (Å²) < 4.78 is 4.07. The number of rotatable bonds is 5. The van der Waals surface area contributed by atoms with Crippen molar-refractivity contribution in [3.05, 3.63) is 17.7 Å². The molecular formula is C9H14N6S. The number of aromatic nitrogens is 4. The maximum Gasteiger partial charge on any atom is 0.142 e. The molecule has 2 aromatic heterocycles. The van der Waals surface area contributed by atoms with Gasteiger partial charge in [-0.25, -0.2) is 4.98 Å². The first-order valence-corrected chi connectivity index (χ1v) is 5.84. The summed E-state index contributed by atoms with van der Waals surface area (Å²) in [5, 5.41) is 11.0.